The highest BCUT2D eigenvalue weighted by Gasteiger charge is 2.21. The second kappa shape index (κ2) is 2.82. The molecule has 0 saturated carbocycles. The minimum absolute atomic E-state index is 0.363. The number of pyridine rings is 1. The first kappa shape index (κ1) is 7.67. The van der Waals surface area contributed by atoms with Crippen LogP contribution in [0.1, 0.15) is 5.56 Å². The van der Waals surface area contributed by atoms with Crippen molar-refractivity contribution in [1.82, 2.24) is 10.3 Å². The van der Waals surface area contributed by atoms with Crippen LogP contribution in [0.2, 0.25) is 0 Å². The molecule has 4 heteroatoms. The van der Waals surface area contributed by atoms with Crippen LogP contribution in [0.3, 0.4) is 0 Å². The van der Waals surface area contributed by atoms with Crippen molar-refractivity contribution in [2.45, 2.75) is 0 Å². The first-order valence-electron chi connectivity index (χ1n) is 3.75. The third-order valence-electron chi connectivity index (χ3n) is 1.73. The summed E-state index contributed by atoms with van der Waals surface area (Å²) >= 11 is 0. The smallest absolute Gasteiger partial charge is 0.258 e. The summed E-state index contributed by atoms with van der Waals surface area (Å²) in [6.07, 6.45) is 4.43. The summed E-state index contributed by atoms with van der Waals surface area (Å²) < 4.78 is 0. The van der Waals surface area contributed by atoms with Gasteiger partial charge in [-0.15, -0.1) is 0 Å². The van der Waals surface area contributed by atoms with Crippen molar-refractivity contribution in [2.75, 3.05) is 0 Å². The highest BCUT2D eigenvalue weighted by atomic mass is 16.2. The van der Waals surface area contributed by atoms with Gasteiger partial charge in [-0.1, -0.05) is 6.07 Å². The zero-order valence-corrected chi connectivity index (χ0v) is 6.65. The maximum absolute atomic E-state index is 11.2. The Morgan fingerprint density at radius 3 is 2.69 bits per heavy atom. The minimum atomic E-state index is -0.371. The van der Waals surface area contributed by atoms with E-state index in [0.29, 0.717) is 11.1 Å². The van der Waals surface area contributed by atoms with Crippen molar-refractivity contribution in [2.24, 2.45) is 0 Å². The van der Waals surface area contributed by atoms with E-state index in [0.717, 1.165) is 0 Å². The number of rotatable bonds is 1. The summed E-state index contributed by atoms with van der Waals surface area (Å²) in [5, 5.41) is 2.17. The van der Waals surface area contributed by atoms with Crippen molar-refractivity contribution in [3.05, 3.63) is 36.2 Å². The molecule has 0 aromatic carbocycles. The Balaban J connectivity index is 2.43. The predicted octanol–water partition coefficient (Wildman–Crippen LogP) is 0.121. The molecule has 2 amide bonds. The maximum atomic E-state index is 11.2. The number of hydrogen-bond acceptors (Lipinski definition) is 3. The average Bonchev–Trinajstić information content (AvgIpc) is 2.47. The molecule has 1 aliphatic heterocycles. The zero-order chi connectivity index (χ0) is 9.26. The van der Waals surface area contributed by atoms with Gasteiger partial charge in [0.05, 0.1) is 5.57 Å². The SMILES string of the molecule is O=C1C=C(c2cccnc2)C(=O)N1. The number of nitrogens with one attached hydrogen (secondary N) is 1. The fourth-order valence-corrected chi connectivity index (χ4v) is 1.15. The van der Waals surface area contributed by atoms with Gasteiger partial charge in [0.1, 0.15) is 0 Å². The number of hydrogen-bond donors (Lipinski definition) is 1. The Labute approximate surface area is 74.3 Å². The lowest BCUT2D eigenvalue weighted by Gasteiger charge is -1.96. The second-order valence-corrected chi connectivity index (χ2v) is 2.62. The second-order valence-electron chi connectivity index (χ2n) is 2.62. The molecule has 0 bridgehead atoms. The van der Waals surface area contributed by atoms with Gasteiger partial charge < -0.3 is 0 Å². The lowest BCUT2D eigenvalue weighted by Crippen LogP contribution is -2.21. The van der Waals surface area contributed by atoms with Crippen molar-refractivity contribution >= 4 is 17.4 Å². The molecule has 2 rings (SSSR count). The molecule has 0 unspecified atom stereocenters. The molecular weight excluding hydrogens is 168 g/mol. The fourth-order valence-electron chi connectivity index (χ4n) is 1.15. The van der Waals surface area contributed by atoms with Gasteiger partial charge in [0.25, 0.3) is 11.8 Å². The molecule has 1 aromatic rings. The average molecular weight is 174 g/mol. The summed E-state index contributed by atoms with van der Waals surface area (Å²) in [5.41, 5.74) is 1.03. The predicted molar refractivity (Wildman–Crippen MR) is 45.4 cm³/mol. The Hall–Kier alpha value is -1.97. The van der Waals surface area contributed by atoms with Crippen LogP contribution < -0.4 is 5.32 Å². The molecule has 0 spiro atoms. The normalized spacial score (nSPS) is 15.5. The van der Waals surface area contributed by atoms with Crippen LogP contribution in [0.4, 0.5) is 0 Å². The highest BCUT2D eigenvalue weighted by molar-refractivity contribution is 6.33. The van der Waals surface area contributed by atoms with Gasteiger partial charge in [-0.05, 0) is 6.07 Å². The van der Waals surface area contributed by atoms with Crippen LogP contribution in [-0.2, 0) is 9.59 Å². The third-order valence-corrected chi connectivity index (χ3v) is 1.73. The number of amides is 2. The Morgan fingerprint density at radius 2 is 2.15 bits per heavy atom. The Morgan fingerprint density at radius 1 is 1.31 bits per heavy atom. The molecule has 0 atom stereocenters. The van der Waals surface area contributed by atoms with Crippen LogP contribution >= 0.6 is 0 Å². The fraction of sp³-hybridized carbons (Fsp3) is 0. The first-order chi connectivity index (χ1) is 6.27. The zero-order valence-electron chi connectivity index (χ0n) is 6.65. The van der Waals surface area contributed by atoms with E-state index >= 15 is 0 Å². The molecule has 0 fully saturated rings. The van der Waals surface area contributed by atoms with Crippen molar-refractivity contribution in [1.29, 1.82) is 0 Å². The van der Waals surface area contributed by atoms with Crippen LogP contribution in [-0.4, -0.2) is 16.8 Å². The molecule has 0 aliphatic carbocycles. The lowest BCUT2D eigenvalue weighted by atomic mass is 10.1. The van der Waals surface area contributed by atoms with E-state index in [9.17, 15) is 9.59 Å². The Kier molecular flexibility index (Phi) is 1.66. The molecule has 2 heterocycles. The van der Waals surface area contributed by atoms with Gasteiger partial charge in [0.2, 0.25) is 0 Å². The van der Waals surface area contributed by atoms with E-state index < -0.39 is 0 Å². The van der Waals surface area contributed by atoms with Crippen LogP contribution in [0.15, 0.2) is 30.6 Å². The van der Waals surface area contributed by atoms with E-state index in [2.05, 4.69) is 10.3 Å². The van der Waals surface area contributed by atoms with Gasteiger partial charge in [-0.2, -0.15) is 0 Å². The highest BCUT2D eigenvalue weighted by Crippen LogP contribution is 2.15. The summed E-state index contributed by atoms with van der Waals surface area (Å²) in [6, 6.07) is 3.45. The van der Waals surface area contributed by atoms with E-state index in [1.165, 1.54) is 6.08 Å². The van der Waals surface area contributed by atoms with Crippen molar-refractivity contribution in [3.63, 3.8) is 0 Å². The van der Waals surface area contributed by atoms with Crippen LogP contribution in [0.5, 0.6) is 0 Å². The summed E-state index contributed by atoms with van der Waals surface area (Å²) in [7, 11) is 0. The topological polar surface area (TPSA) is 59.1 Å². The third kappa shape index (κ3) is 1.33. The molecule has 1 aliphatic rings. The van der Waals surface area contributed by atoms with E-state index in [1.54, 1.807) is 24.5 Å². The number of imide groups is 1. The van der Waals surface area contributed by atoms with Crippen molar-refractivity contribution < 1.29 is 9.59 Å². The van der Waals surface area contributed by atoms with Crippen LogP contribution in [0.25, 0.3) is 5.57 Å². The number of carbonyl (C=O) groups excluding carboxylic acids is 2. The lowest BCUT2D eigenvalue weighted by molar-refractivity contribution is -0.123. The Bertz CT molecular complexity index is 395. The number of carbonyl (C=O) groups is 2. The van der Waals surface area contributed by atoms with Gasteiger partial charge in [-0.3, -0.25) is 19.9 Å². The van der Waals surface area contributed by atoms with E-state index in [4.69, 9.17) is 0 Å². The van der Waals surface area contributed by atoms with Gasteiger partial charge in [0, 0.05) is 24.0 Å². The summed E-state index contributed by atoms with van der Waals surface area (Å²) in [5.74, 6) is -0.734. The molecular formula is C9H6N2O2. The van der Waals surface area contributed by atoms with Gasteiger partial charge >= 0.3 is 0 Å². The van der Waals surface area contributed by atoms with E-state index in [1.807, 2.05) is 0 Å². The molecule has 4 nitrogen and oxygen atoms in total. The molecule has 13 heavy (non-hydrogen) atoms. The largest absolute Gasteiger partial charge is 0.289 e. The van der Waals surface area contributed by atoms with Gasteiger partial charge in [-0.25, -0.2) is 0 Å². The molecule has 0 radical (unpaired) electrons. The number of nitrogens with zero attached hydrogens (tertiary/aromatic N) is 1. The van der Waals surface area contributed by atoms with Crippen molar-refractivity contribution in [3.8, 4) is 0 Å². The molecule has 1 N–H and O–H groups in total. The monoisotopic (exact) mass is 174 g/mol. The standard InChI is InChI=1S/C9H6N2O2/c12-8-4-7(9(13)11-8)6-2-1-3-10-5-6/h1-5H,(H,11,12,13). The minimum Gasteiger partial charge on any atom is -0.289 e. The molecule has 0 saturated heterocycles. The quantitative estimate of drug-likeness (QED) is 0.615. The molecule has 1 aromatic heterocycles. The summed E-state index contributed by atoms with van der Waals surface area (Å²) in [4.78, 5) is 25.8. The number of aromatic nitrogens is 1. The molecule has 64 valence electrons. The van der Waals surface area contributed by atoms with Gasteiger partial charge in [0.15, 0.2) is 0 Å². The van der Waals surface area contributed by atoms with E-state index in [-0.39, 0.29) is 11.8 Å². The van der Waals surface area contributed by atoms with Crippen LogP contribution in [0, 0.1) is 0 Å². The first-order valence-corrected chi connectivity index (χ1v) is 3.75. The summed E-state index contributed by atoms with van der Waals surface area (Å²) in [6.45, 7) is 0. The maximum Gasteiger partial charge on any atom is 0.258 e.